The van der Waals surface area contributed by atoms with Crippen LogP contribution in [-0.4, -0.2) is 11.5 Å². The van der Waals surface area contributed by atoms with E-state index in [0.717, 1.165) is 17.0 Å². The summed E-state index contributed by atoms with van der Waals surface area (Å²) in [6.07, 6.45) is 5.85. The van der Waals surface area contributed by atoms with Gasteiger partial charge in [0.15, 0.2) is 0 Å². The molecule has 4 heteroatoms. The number of hydrogen-bond acceptors (Lipinski definition) is 3. The second-order valence-corrected chi connectivity index (χ2v) is 6.43. The lowest BCUT2D eigenvalue weighted by Crippen LogP contribution is -2.02. The van der Waals surface area contributed by atoms with Gasteiger partial charge in [0.1, 0.15) is 5.82 Å². The zero-order valence-electron chi connectivity index (χ0n) is 11.4. The first-order valence-electron chi connectivity index (χ1n) is 7.23. The number of thiazole rings is 1. The summed E-state index contributed by atoms with van der Waals surface area (Å²) in [4.78, 5) is 6.03. The van der Waals surface area contributed by atoms with Crippen LogP contribution in [0.4, 0.5) is 4.39 Å². The van der Waals surface area contributed by atoms with Crippen molar-refractivity contribution in [2.24, 2.45) is 5.73 Å². The van der Waals surface area contributed by atoms with Crippen LogP contribution in [0.15, 0.2) is 24.3 Å². The molecule has 2 aromatic rings. The van der Waals surface area contributed by atoms with Crippen molar-refractivity contribution in [2.75, 3.05) is 6.54 Å². The summed E-state index contributed by atoms with van der Waals surface area (Å²) < 4.78 is 13.1. The lowest BCUT2D eigenvalue weighted by Gasteiger charge is -2.08. The molecule has 106 valence electrons. The molecule has 1 aromatic carbocycles. The molecule has 0 aliphatic heterocycles. The van der Waals surface area contributed by atoms with Gasteiger partial charge in [-0.3, -0.25) is 0 Å². The van der Waals surface area contributed by atoms with E-state index in [1.165, 1.54) is 48.4 Å². The Morgan fingerprint density at radius 1 is 1.20 bits per heavy atom. The summed E-state index contributed by atoms with van der Waals surface area (Å²) in [6.45, 7) is 0.625. The molecule has 20 heavy (non-hydrogen) atoms. The van der Waals surface area contributed by atoms with Gasteiger partial charge in [-0.05, 0) is 37.1 Å². The summed E-state index contributed by atoms with van der Waals surface area (Å²) in [7, 11) is 0. The number of benzene rings is 1. The van der Waals surface area contributed by atoms with Crippen molar-refractivity contribution in [1.29, 1.82) is 0 Å². The highest BCUT2D eigenvalue weighted by Crippen LogP contribution is 2.41. The average Bonchev–Trinajstić information content (AvgIpc) is 3.08. The Balaban J connectivity index is 2.00. The van der Waals surface area contributed by atoms with Crippen LogP contribution >= 0.6 is 11.3 Å². The molecule has 0 spiro atoms. The first kappa shape index (κ1) is 13.7. The van der Waals surface area contributed by atoms with Crippen LogP contribution in [0.3, 0.4) is 0 Å². The Morgan fingerprint density at radius 2 is 1.90 bits per heavy atom. The molecule has 1 saturated carbocycles. The Hall–Kier alpha value is -1.26. The SMILES string of the molecule is NCCc1nc(C2CCCC2)c(-c2ccc(F)cc2)s1. The van der Waals surface area contributed by atoms with Crippen molar-refractivity contribution >= 4 is 11.3 Å². The number of hydrogen-bond donors (Lipinski definition) is 1. The number of nitrogens with zero attached hydrogens (tertiary/aromatic N) is 1. The van der Waals surface area contributed by atoms with Gasteiger partial charge in [-0.15, -0.1) is 11.3 Å². The standard InChI is InChI=1S/C16H19FN2S/c17-13-7-5-12(6-8-13)16-15(11-3-1-2-4-11)19-14(20-16)9-10-18/h5-8,11H,1-4,9-10,18H2. The fraction of sp³-hybridized carbons (Fsp3) is 0.438. The topological polar surface area (TPSA) is 38.9 Å². The fourth-order valence-corrected chi connectivity index (χ4v) is 4.06. The maximum Gasteiger partial charge on any atom is 0.123 e. The van der Waals surface area contributed by atoms with E-state index in [4.69, 9.17) is 10.7 Å². The van der Waals surface area contributed by atoms with Crippen LogP contribution in [-0.2, 0) is 6.42 Å². The Bertz CT molecular complexity index is 571. The maximum atomic E-state index is 13.1. The first-order chi connectivity index (χ1) is 9.78. The second kappa shape index (κ2) is 6.02. The normalized spacial score (nSPS) is 15.9. The highest BCUT2D eigenvalue weighted by Gasteiger charge is 2.24. The molecule has 2 N–H and O–H groups in total. The van der Waals surface area contributed by atoms with Gasteiger partial charge in [0, 0.05) is 12.3 Å². The van der Waals surface area contributed by atoms with E-state index in [1.807, 2.05) is 12.1 Å². The van der Waals surface area contributed by atoms with E-state index in [0.29, 0.717) is 12.5 Å². The average molecular weight is 290 g/mol. The Morgan fingerprint density at radius 3 is 2.55 bits per heavy atom. The molecule has 0 unspecified atom stereocenters. The molecule has 1 aliphatic carbocycles. The minimum absolute atomic E-state index is 0.192. The number of halogens is 1. The molecule has 1 fully saturated rings. The Kier molecular flexibility index (Phi) is 4.13. The van der Waals surface area contributed by atoms with Gasteiger partial charge >= 0.3 is 0 Å². The highest BCUT2D eigenvalue weighted by molar-refractivity contribution is 7.15. The van der Waals surface area contributed by atoms with Crippen LogP contribution in [0.25, 0.3) is 10.4 Å². The zero-order chi connectivity index (χ0) is 13.9. The second-order valence-electron chi connectivity index (χ2n) is 5.35. The van der Waals surface area contributed by atoms with Gasteiger partial charge in [-0.1, -0.05) is 25.0 Å². The lowest BCUT2D eigenvalue weighted by atomic mass is 10.0. The molecular weight excluding hydrogens is 271 g/mol. The van der Waals surface area contributed by atoms with E-state index < -0.39 is 0 Å². The molecule has 0 radical (unpaired) electrons. The van der Waals surface area contributed by atoms with Crippen LogP contribution in [0.1, 0.15) is 42.3 Å². The summed E-state index contributed by atoms with van der Waals surface area (Å²) >= 11 is 1.72. The minimum atomic E-state index is -0.192. The van der Waals surface area contributed by atoms with E-state index >= 15 is 0 Å². The summed E-state index contributed by atoms with van der Waals surface area (Å²) in [5, 5.41) is 1.11. The minimum Gasteiger partial charge on any atom is -0.330 e. The third kappa shape index (κ3) is 2.76. The molecule has 1 heterocycles. The molecule has 0 atom stereocenters. The molecule has 0 amide bonds. The van der Waals surface area contributed by atoms with Crippen molar-refractivity contribution in [3.05, 3.63) is 40.8 Å². The molecular formula is C16H19FN2S. The predicted octanol–water partition coefficient (Wildman–Crippen LogP) is 4.11. The predicted molar refractivity (Wildman–Crippen MR) is 81.5 cm³/mol. The van der Waals surface area contributed by atoms with Gasteiger partial charge < -0.3 is 5.73 Å². The van der Waals surface area contributed by atoms with Gasteiger partial charge in [-0.2, -0.15) is 0 Å². The van der Waals surface area contributed by atoms with Crippen LogP contribution in [0.5, 0.6) is 0 Å². The fourth-order valence-electron chi connectivity index (χ4n) is 2.89. The summed E-state index contributed by atoms with van der Waals surface area (Å²) in [5.74, 6) is 0.376. The molecule has 1 aliphatic rings. The smallest absolute Gasteiger partial charge is 0.123 e. The molecule has 2 nitrogen and oxygen atoms in total. The van der Waals surface area contributed by atoms with E-state index in [2.05, 4.69) is 0 Å². The Labute approximate surface area is 122 Å². The van der Waals surface area contributed by atoms with E-state index in [-0.39, 0.29) is 5.82 Å². The third-order valence-corrected chi connectivity index (χ3v) is 5.08. The quantitative estimate of drug-likeness (QED) is 0.920. The van der Waals surface area contributed by atoms with Crippen molar-refractivity contribution in [1.82, 2.24) is 4.98 Å². The summed E-state index contributed by atoms with van der Waals surface area (Å²) in [5.41, 5.74) is 7.94. The van der Waals surface area contributed by atoms with Crippen molar-refractivity contribution in [3.63, 3.8) is 0 Å². The molecule has 1 aromatic heterocycles. The van der Waals surface area contributed by atoms with Crippen molar-refractivity contribution in [3.8, 4) is 10.4 Å². The van der Waals surface area contributed by atoms with Gasteiger partial charge in [0.25, 0.3) is 0 Å². The van der Waals surface area contributed by atoms with E-state index in [1.54, 1.807) is 11.3 Å². The highest BCUT2D eigenvalue weighted by atomic mass is 32.1. The van der Waals surface area contributed by atoms with Gasteiger partial charge in [0.05, 0.1) is 15.6 Å². The maximum absolute atomic E-state index is 13.1. The molecule has 0 bridgehead atoms. The molecule has 0 saturated heterocycles. The zero-order valence-corrected chi connectivity index (χ0v) is 12.3. The largest absolute Gasteiger partial charge is 0.330 e. The third-order valence-electron chi connectivity index (χ3n) is 3.90. The molecule has 3 rings (SSSR count). The lowest BCUT2D eigenvalue weighted by molar-refractivity contribution is 0.628. The monoisotopic (exact) mass is 290 g/mol. The van der Waals surface area contributed by atoms with Crippen molar-refractivity contribution in [2.45, 2.75) is 38.0 Å². The number of rotatable bonds is 4. The van der Waals surface area contributed by atoms with Crippen LogP contribution in [0.2, 0.25) is 0 Å². The number of aromatic nitrogens is 1. The van der Waals surface area contributed by atoms with Crippen LogP contribution in [0, 0.1) is 5.82 Å². The summed E-state index contributed by atoms with van der Waals surface area (Å²) in [6, 6.07) is 6.76. The van der Waals surface area contributed by atoms with Gasteiger partial charge in [-0.25, -0.2) is 9.37 Å². The number of nitrogens with two attached hydrogens (primary N) is 1. The van der Waals surface area contributed by atoms with E-state index in [9.17, 15) is 4.39 Å². The first-order valence-corrected chi connectivity index (χ1v) is 8.05. The van der Waals surface area contributed by atoms with Crippen LogP contribution < -0.4 is 5.73 Å². The van der Waals surface area contributed by atoms with Crippen molar-refractivity contribution < 1.29 is 4.39 Å². The van der Waals surface area contributed by atoms with Gasteiger partial charge in [0.2, 0.25) is 0 Å².